The number of fused-ring (bicyclic) bond motifs is 1. The van der Waals surface area contributed by atoms with Crippen LogP contribution in [0.5, 0.6) is 0 Å². The van der Waals surface area contributed by atoms with Crippen molar-refractivity contribution in [3.63, 3.8) is 0 Å². The van der Waals surface area contributed by atoms with Gasteiger partial charge >= 0.3 is 0 Å². The maximum Gasteiger partial charge on any atom is 0.260 e. The molecule has 3 heterocycles. The molecule has 0 unspecified atom stereocenters. The minimum Gasteiger partial charge on any atom is -0.445 e. The highest BCUT2D eigenvalue weighted by Gasteiger charge is 2.38. The maximum atomic E-state index is 12.7. The second-order valence-corrected chi connectivity index (χ2v) is 6.81. The number of carbonyl (C=O) groups excluding carboxylic acids is 1. The predicted octanol–water partition coefficient (Wildman–Crippen LogP) is 3.45. The van der Waals surface area contributed by atoms with Crippen molar-refractivity contribution in [2.75, 3.05) is 10.6 Å². The van der Waals surface area contributed by atoms with Gasteiger partial charge < -0.3 is 15.1 Å². The monoisotopic (exact) mass is 337 g/mol. The summed E-state index contributed by atoms with van der Waals surface area (Å²) in [6.45, 7) is 5.88. The zero-order valence-electron chi connectivity index (χ0n) is 14.4. The molecule has 3 aromatic heterocycles. The summed E-state index contributed by atoms with van der Waals surface area (Å²) >= 11 is 0. The molecule has 0 bridgehead atoms. The standard InChI is InChI=1S/C18H19N5O2/c1-10-4-5-13(19-8-10)22-16(24)12-9-25-17-14(12)15(20-11(2)21-17)23-18(3)6-7-18/h4-5,8-9H,6-7H2,1-3H3,(H,19,22,24)(H,20,21,23). The summed E-state index contributed by atoms with van der Waals surface area (Å²) in [7, 11) is 0. The first-order valence-electron chi connectivity index (χ1n) is 8.22. The molecule has 0 saturated heterocycles. The molecule has 1 saturated carbocycles. The van der Waals surface area contributed by atoms with Crippen LogP contribution in [0.2, 0.25) is 0 Å². The Morgan fingerprint density at radius 2 is 2.04 bits per heavy atom. The Hall–Kier alpha value is -2.96. The SMILES string of the molecule is Cc1ccc(NC(=O)c2coc3nc(C)nc(NC4(C)CC4)c23)nc1. The molecule has 7 heteroatoms. The Morgan fingerprint density at radius 3 is 2.72 bits per heavy atom. The van der Waals surface area contributed by atoms with Crippen LogP contribution in [0.25, 0.3) is 11.1 Å². The van der Waals surface area contributed by atoms with Gasteiger partial charge in [-0.3, -0.25) is 4.79 Å². The van der Waals surface area contributed by atoms with Gasteiger partial charge in [-0.15, -0.1) is 0 Å². The summed E-state index contributed by atoms with van der Waals surface area (Å²) in [5, 5.41) is 6.81. The molecule has 0 radical (unpaired) electrons. The number of hydrogen-bond donors (Lipinski definition) is 2. The number of pyridine rings is 1. The third kappa shape index (κ3) is 3.05. The average molecular weight is 337 g/mol. The number of nitrogens with one attached hydrogen (secondary N) is 2. The topological polar surface area (TPSA) is 92.9 Å². The Morgan fingerprint density at radius 1 is 1.24 bits per heavy atom. The smallest absolute Gasteiger partial charge is 0.260 e. The fourth-order valence-electron chi connectivity index (χ4n) is 2.63. The van der Waals surface area contributed by atoms with Gasteiger partial charge in [0.25, 0.3) is 5.91 Å². The van der Waals surface area contributed by atoms with E-state index in [0.29, 0.717) is 34.1 Å². The van der Waals surface area contributed by atoms with Gasteiger partial charge in [0, 0.05) is 11.7 Å². The van der Waals surface area contributed by atoms with E-state index in [1.54, 1.807) is 19.2 Å². The molecule has 2 N–H and O–H groups in total. The number of rotatable bonds is 4. The molecule has 25 heavy (non-hydrogen) atoms. The molecular formula is C18H19N5O2. The number of anilines is 2. The Balaban J connectivity index is 1.71. The molecule has 1 aliphatic rings. The van der Waals surface area contributed by atoms with Crippen LogP contribution in [0.3, 0.4) is 0 Å². The van der Waals surface area contributed by atoms with Crippen molar-refractivity contribution in [2.45, 2.75) is 39.2 Å². The minimum atomic E-state index is -0.299. The summed E-state index contributed by atoms with van der Waals surface area (Å²) in [6, 6.07) is 3.66. The van der Waals surface area contributed by atoms with Crippen LogP contribution < -0.4 is 10.6 Å². The lowest BCUT2D eigenvalue weighted by Crippen LogP contribution is -2.19. The fourth-order valence-corrected chi connectivity index (χ4v) is 2.63. The lowest BCUT2D eigenvalue weighted by molar-refractivity contribution is 0.102. The second kappa shape index (κ2) is 5.54. The van der Waals surface area contributed by atoms with Gasteiger partial charge in [-0.25, -0.2) is 9.97 Å². The molecule has 0 atom stereocenters. The van der Waals surface area contributed by atoms with E-state index in [4.69, 9.17) is 4.42 Å². The first-order chi connectivity index (χ1) is 11.9. The third-order valence-electron chi connectivity index (χ3n) is 4.36. The van der Waals surface area contributed by atoms with E-state index in [1.165, 1.54) is 6.26 Å². The molecule has 3 aromatic rings. The Bertz CT molecular complexity index is 958. The molecular weight excluding hydrogens is 318 g/mol. The van der Waals surface area contributed by atoms with Crippen LogP contribution in [-0.4, -0.2) is 26.4 Å². The molecule has 1 aliphatic carbocycles. The minimum absolute atomic E-state index is 0.0251. The van der Waals surface area contributed by atoms with Gasteiger partial charge in [-0.2, -0.15) is 4.98 Å². The van der Waals surface area contributed by atoms with Crippen molar-refractivity contribution in [3.05, 3.63) is 41.5 Å². The van der Waals surface area contributed by atoms with E-state index in [0.717, 1.165) is 18.4 Å². The lowest BCUT2D eigenvalue weighted by Gasteiger charge is -2.13. The molecule has 0 spiro atoms. The first-order valence-corrected chi connectivity index (χ1v) is 8.22. The summed E-state index contributed by atoms with van der Waals surface area (Å²) in [4.78, 5) is 25.7. The quantitative estimate of drug-likeness (QED) is 0.757. The van der Waals surface area contributed by atoms with Crippen LogP contribution in [0, 0.1) is 13.8 Å². The molecule has 0 aromatic carbocycles. The van der Waals surface area contributed by atoms with Crippen LogP contribution in [-0.2, 0) is 0 Å². The van der Waals surface area contributed by atoms with Gasteiger partial charge in [-0.05, 0) is 45.2 Å². The number of amides is 1. The molecule has 0 aliphatic heterocycles. The largest absolute Gasteiger partial charge is 0.445 e. The zero-order chi connectivity index (χ0) is 17.6. The number of carbonyl (C=O) groups is 1. The van der Waals surface area contributed by atoms with Crippen molar-refractivity contribution < 1.29 is 9.21 Å². The van der Waals surface area contributed by atoms with Crippen molar-refractivity contribution in [2.24, 2.45) is 0 Å². The number of hydrogen-bond acceptors (Lipinski definition) is 6. The second-order valence-electron chi connectivity index (χ2n) is 6.81. The van der Waals surface area contributed by atoms with Crippen LogP contribution in [0.1, 0.15) is 41.5 Å². The van der Waals surface area contributed by atoms with Gasteiger partial charge in [-0.1, -0.05) is 6.07 Å². The third-order valence-corrected chi connectivity index (χ3v) is 4.36. The molecule has 1 amide bonds. The normalized spacial score (nSPS) is 15.2. The van der Waals surface area contributed by atoms with E-state index >= 15 is 0 Å². The summed E-state index contributed by atoms with van der Waals surface area (Å²) in [5.74, 6) is 1.42. The first kappa shape index (κ1) is 15.6. The fraction of sp³-hybridized carbons (Fsp3) is 0.333. The van der Waals surface area contributed by atoms with E-state index in [-0.39, 0.29) is 11.4 Å². The van der Waals surface area contributed by atoms with E-state index < -0.39 is 0 Å². The van der Waals surface area contributed by atoms with Crippen molar-refractivity contribution in [3.8, 4) is 0 Å². The zero-order valence-corrected chi connectivity index (χ0v) is 14.4. The van der Waals surface area contributed by atoms with Crippen LogP contribution in [0.15, 0.2) is 29.0 Å². The van der Waals surface area contributed by atoms with Gasteiger partial charge in [0.1, 0.15) is 23.7 Å². The van der Waals surface area contributed by atoms with E-state index in [2.05, 4.69) is 32.5 Å². The average Bonchev–Trinajstić information content (AvgIpc) is 3.12. The van der Waals surface area contributed by atoms with E-state index in [1.807, 2.05) is 13.0 Å². The lowest BCUT2D eigenvalue weighted by atomic mass is 10.2. The highest BCUT2D eigenvalue weighted by molar-refractivity contribution is 6.14. The highest BCUT2D eigenvalue weighted by atomic mass is 16.3. The number of nitrogens with zero attached hydrogens (tertiary/aromatic N) is 3. The van der Waals surface area contributed by atoms with E-state index in [9.17, 15) is 4.79 Å². The maximum absolute atomic E-state index is 12.7. The molecule has 7 nitrogen and oxygen atoms in total. The van der Waals surface area contributed by atoms with Crippen molar-refractivity contribution >= 4 is 28.6 Å². The van der Waals surface area contributed by atoms with Crippen molar-refractivity contribution in [1.29, 1.82) is 0 Å². The van der Waals surface area contributed by atoms with Gasteiger partial charge in [0.15, 0.2) is 0 Å². The summed E-state index contributed by atoms with van der Waals surface area (Å²) in [5.41, 5.74) is 1.85. The molecule has 1 fully saturated rings. The van der Waals surface area contributed by atoms with Gasteiger partial charge in [0.2, 0.25) is 5.71 Å². The van der Waals surface area contributed by atoms with Crippen molar-refractivity contribution in [1.82, 2.24) is 15.0 Å². The number of furan rings is 1. The number of aromatic nitrogens is 3. The summed E-state index contributed by atoms with van der Waals surface area (Å²) < 4.78 is 5.51. The van der Waals surface area contributed by atoms with Gasteiger partial charge in [0.05, 0.1) is 10.9 Å². The van der Waals surface area contributed by atoms with Crippen LogP contribution in [0.4, 0.5) is 11.6 Å². The Labute approximate surface area is 144 Å². The Kier molecular flexibility index (Phi) is 3.45. The predicted molar refractivity (Wildman–Crippen MR) is 94.7 cm³/mol. The van der Waals surface area contributed by atoms with Crippen LogP contribution >= 0.6 is 0 Å². The highest BCUT2D eigenvalue weighted by Crippen LogP contribution is 2.40. The molecule has 128 valence electrons. The summed E-state index contributed by atoms with van der Waals surface area (Å²) in [6.07, 6.45) is 5.27. The molecule has 4 rings (SSSR count). The number of aryl methyl sites for hydroxylation is 2.